The summed E-state index contributed by atoms with van der Waals surface area (Å²) >= 11 is 1.72. The fourth-order valence-electron chi connectivity index (χ4n) is 2.27. The lowest BCUT2D eigenvalue weighted by Gasteiger charge is -2.20. The molecule has 2 aromatic heterocycles. The van der Waals surface area contributed by atoms with Gasteiger partial charge in [-0.1, -0.05) is 0 Å². The largest absolute Gasteiger partial charge is 0.347 e. The van der Waals surface area contributed by atoms with E-state index in [4.69, 9.17) is 0 Å². The molecule has 0 atom stereocenters. The normalized spacial score (nSPS) is 14.0. The van der Waals surface area contributed by atoms with Crippen LogP contribution in [0.3, 0.4) is 0 Å². The van der Waals surface area contributed by atoms with E-state index < -0.39 is 0 Å². The number of aromatic nitrogens is 3. The van der Waals surface area contributed by atoms with Crippen LogP contribution in [0.2, 0.25) is 0 Å². The molecule has 2 N–H and O–H groups in total. The topological polar surface area (TPSA) is 79.8 Å². The summed E-state index contributed by atoms with van der Waals surface area (Å²) in [5, 5.41) is 5.96. The van der Waals surface area contributed by atoms with Crippen LogP contribution in [0, 0.1) is 0 Å². The third-order valence-electron chi connectivity index (χ3n) is 3.29. The third kappa shape index (κ3) is 2.81. The van der Waals surface area contributed by atoms with E-state index in [1.54, 1.807) is 23.9 Å². The van der Waals surface area contributed by atoms with Crippen molar-refractivity contribution in [3.05, 3.63) is 45.5 Å². The highest BCUT2D eigenvalue weighted by Crippen LogP contribution is 2.26. The third-order valence-corrected chi connectivity index (χ3v) is 4.28. The van der Waals surface area contributed by atoms with Crippen LogP contribution in [0.15, 0.2) is 23.1 Å². The van der Waals surface area contributed by atoms with Gasteiger partial charge in [0.25, 0.3) is 11.5 Å². The molecule has 22 heavy (non-hydrogen) atoms. The lowest BCUT2D eigenvalue weighted by molar-refractivity contribution is 0.0919. The highest BCUT2D eigenvalue weighted by molar-refractivity contribution is 7.98. The number of carbonyl (C=O) groups is 1. The van der Waals surface area contributed by atoms with Crippen molar-refractivity contribution in [1.29, 1.82) is 0 Å². The number of hydrogen-bond acceptors (Lipinski definition) is 4. The molecular weight excluding hydrogens is 300 g/mol. The molecule has 0 bridgehead atoms. The maximum atomic E-state index is 12.3. The second kappa shape index (κ2) is 5.31. The summed E-state index contributed by atoms with van der Waals surface area (Å²) in [7, 11) is 0. The Labute approximate surface area is 132 Å². The summed E-state index contributed by atoms with van der Waals surface area (Å²) in [6, 6.07) is 3.36. The van der Waals surface area contributed by atoms with Crippen LogP contribution in [0.4, 0.5) is 0 Å². The van der Waals surface area contributed by atoms with Crippen molar-refractivity contribution in [1.82, 2.24) is 20.1 Å². The van der Waals surface area contributed by atoms with Crippen LogP contribution in [-0.4, -0.2) is 26.2 Å². The molecule has 0 radical (unpaired) electrons. The van der Waals surface area contributed by atoms with Gasteiger partial charge >= 0.3 is 0 Å². The Morgan fingerprint density at radius 2 is 2.14 bits per heavy atom. The van der Waals surface area contributed by atoms with Crippen LogP contribution in [-0.2, 0) is 11.5 Å². The van der Waals surface area contributed by atoms with E-state index in [2.05, 4.69) is 15.4 Å². The second-order valence-corrected chi connectivity index (χ2v) is 7.30. The molecule has 1 aliphatic heterocycles. The smallest absolute Gasteiger partial charge is 0.276 e. The molecule has 0 spiro atoms. The highest BCUT2D eigenvalue weighted by atomic mass is 32.2. The van der Waals surface area contributed by atoms with E-state index in [-0.39, 0.29) is 17.0 Å². The Hall–Kier alpha value is -2.02. The number of hydrogen-bond donors (Lipinski definition) is 2. The maximum Gasteiger partial charge on any atom is 0.276 e. The minimum atomic E-state index is -0.301. The lowest BCUT2D eigenvalue weighted by Crippen LogP contribution is -2.40. The standard InChI is InChI=1S/C15H18N4O2S/c1-15(2,3)17-13(20)9-4-5-12(16-6-9)19-14(21)10-7-22-8-11(10)18-19/h4-6,18H,7-8H2,1-3H3,(H,17,20). The van der Waals surface area contributed by atoms with Gasteiger partial charge in [0.15, 0.2) is 5.82 Å². The number of pyridine rings is 1. The van der Waals surface area contributed by atoms with E-state index in [1.807, 2.05) is 20.8 Å². The van der Waals surface area contributed by atoms with Gasteiger partial charge in [0, 0.05) is 23.2 Å². The zero-order valence-corrected chi connectivity index (χ0v) is 13.6. The summed E-state index contributed by atoms with van der Waals surface area (Å²) in [5.74, 6) is 1.88. The Bertz CT molecular complexity index is 768. The first-order chi connectivity index (χ1) is 10.3. The number of H-pyrrole nitrogens is 1. The summed E-state index contributed by atoms with van der Waals surface area (Å²) in [5.41, 5.74) is 1.90. The van der Waals surface area contributed by atoms with Crippen molar-refractivity contribution in [2.45, 2.75) is 37.8 Å². The molecule has 0 fully saturated rings. The molecule has 2 aromatic rings. The van der Waals surface area contributed by atoms with Crippen LogP contribution in [0.5, 0.6) is 0 Å². The molecule has 0 aromatic carbocycles. The van der Waals surface area contributed by atoms with Crippen molar-refractivity contribution in [3.8, 4) is 5.82 Å². The molecule has 1 amide bonds. The van der Waals surface area contributed by atoms with Gasteiger partial charge < -0.3 is 5.32 Å². The fraction of sp³-hybridized carbons (Fsp3) is 0.400. The molecule has 116 valence electrons. The average molecular weight is 318 g/mol. The van der Waals surface area contributed by atoms with Crippen LogP contribution in [0.25, 0.3) is 5.82 Å². The monoisotopic (exact) mass is 318 g/mol. The summed E-state index contributed by atoms with van der Waals surface area (Å²) < 4.78 is 1.44. The minimum absolute atomic E-state index is 0.0561. The van der Waals surface area contributed by atoms with Crippen LogP contribution < -0.4 is 10.9 Å². The number of aromatic amines is 1. The maximum absolute atomic E-state index is 12.3. The number of thioether (sulfide) groups is 1. The van der Waals surface area contributed by atoms with E-state index in [1.165, 1.54) is 10.9 Å². The Morgan fingerprint density at radius 1 is 1.36 bits per heavy atom. The first-order valence-corrected chi connectivity index (χ1v) is 8.20. The SMILES string of the molecule is CC(C)(C)NC(=O)c1ccc(-n2[nH]c3c(c2=O)CSC3)nc1. The summed E-state index contributed by atoms with van der Waals surface area (Å²) in [6.45, 7) is 5.76. The number of carbonyl (C=O) groups excluding carboxylic acids is 1. The minimum Gasteiger partial charge on any atom is -0.347 e. The van der Waals surface area contributed by atoms with Gasteiger partial charge in [-0.2, -0.15) is 11.8 Å². The molecule has 0 unspecified atom stereocenters. The number of amides is 1. The van der Waals surface area contributed by atoms with Gasteiger partial charge in [0.1, 0.15) is 0 Å². The van der Waals surface area contributed by atoms with Gasteiger partial charge in [-0.3, -0.25) is 14.7 Å². The van der Waals surface area contributed by atoms with Crippen molar-refractivity contribution in [3.63, 3.8) is 0 Å². The van der Waals surface area contributed by atoms with Crippen molar-refractivity contribution >= 4 is 17.7 Å². The van der Waals surface area contributed by atoms with Gasteiger partial charge in [0.05, 0.1) is 16.8 Å². The number of fused-ring (bicyclic) bond motifs is 1. The van der Waals surface area contributed by atoms with Gasteiger partial charge in [0.2, 0.25) is 0 Å². The van der Waals surface area contributed by atoms with Crippen LogP contribution in [0.1, 0.15) is 42.4 Å². The second-order valence-electron chi connectivity index (χ2n) is 6.31. The zero-order valence-electron chi connectivity index (χ0n) is 12.8. The van der Waals surface area contributed by atoms with Gasteiger partial charge in [-0.25, -0.2) is 9.67 Å². The molecule has 6 nitrogen and oxygen atoms in total. The molecule has 0 aliphatic carbocycles. The van der Waals surface area contributed by atoms with Crippen molar-refractivity contribution in [2.24, 2.45) is 0 Å². The number of nitrogens with zero attached hydrogens (tertiary/aromatic N) is 2. The van der Waals surface area contributed by atoms with E-state index >= 15 is 0 Å². The molecule has 1 aliphatic rings. The first kappa shape index (κ1) is 14.9. The molecule has 3 heterocycles. The molecular formula is C15H18N4O2S. The quantitative estimate of drug-likeness (QED) is 0.885. The Kier molecular flexibility index (Phi) is 3.60. The van der Waals surface area contributed by atoms with Crippen molar-refractivity contribution in [2.75, 3.05) is 0 Å². The molecule has 0 saturated carbocycles. The van der Waals surface area contributed by atoms with Crippen LogP contribution >= 0.6 is 11.8 Å². The first-order valence-electron chi connectivity index (χ1n) is 7.04. The highest BCUT2D eigenvalue weighted by Gasteiger charge is 2.21. The Balaban J connectivity index is 1.86. The summed E-state index contributed by atoms with van der Waals surface area (Å²) in [4.78, 5) is 28.6. The number of rotatable bonds is 2. The molecule has 7 heteroatoms. The van der Waals surface area contributed by atoms with E-state index in [9.17, 15) is 9.59 Å². The zero-order chi connectivity index (χ0) is 15.9. The van der Waals surface area contributed by atoms with E-state index in [0.29, 0.717) is 11.4 Å². The number of nitrogens with one attached hydrogen (secondary N) is 2. The average Bonchev–Trinajstić information content (AvgIpc) is 3.01. The predicted octanol–water partition coefficient (Wildman–Crippen LogP) is 1.84. The molecule has 3 rings (SSSR count). The molecule has 0 saturated heterocycles. The van der Waals surface area contributed by atoms with E-state index in [0.717, 1.165) is 22.8 Å². The predicted molar refractivity (Wildman–Crippen MR) is 86.4 cm³/mol. The Morgan fingerprint density at radius 3 is 2.73 bits per heavy atom. The summed E-state index contributed by atoms with van der Waals surface area (Å²) in [6.07, 6.45) is 1.49. The van der Waals surface area contributed by atoms with Gasteiger partial charge in [-0.05, 0) is 32.9 Å². The lowest BCUT2D eigenvalue weighted by atomic mass is 10.1. The van der Waals surface area contributed by atoms with Crippen molar-refractivity contribution < 1.29 is 4.79 Å². The van der Waals surface area contributed by atoms with Gasteiger partial charge in [-0.15, -0.1) is 0 Å². The fourth-order valence-corrected chi connectivity index (χ4v) is 3.31.